The number of hydrogen-bond donors (Lipinski definition) is 1. The maximum absolute atomic E-state index is 12.0. The van der Waals surface area contributed by atoms with E-state index in [1.807, 2.05) is 32.0 Å². The monoisotopic (exact) mass is 370 g/mol. The average molecular weight is 371 g/mol. The highest BCUT2D eigenvalue weighted by molar-refractivity contribution is 5.86. The molecular weight excluding hydrogens is 336 g/mol. The van der Waals surface area contributed by atoms with Crippen LogP contribution in [-0.4, -0.2) is 37.2 Å². The van der Waals surface area contributed by atoms with Gasteiger partial charge in [-0.05, 0) is 57.3 Å². The number of hydrogen-bond acceptors (Lipinski definition) is 3. The number of rotatable bonds is 11. The molecule has 5 heteroatoms. The second kappa shape index (κ2) is 14.0. The summed E-state index contributed by atoms with van der Waals surface area (Å²) in [6, 6.07) is 5.96. The number of carbonyl (C=O) groups is 1. The summed E-state index contributed by atoms with van der Waals surface area (Å²) in [7, 11) is 0. The molecular formula is C20H35ClN2O2. The lowest BCUT2D eigenvalue weighted by Crippen LogP contribution is -2.28. The predicted octanol–water partition coefficient (Wildman–Crippen LogP) is 5.57. The first-order valence-electron chi connectivity index (χ1n) is 9.30. The van der Waals surface area contributed by atoms with Gasteiger partial charge in [-0.1, -0.05) is 44.9 Å². The van der Waals surface area contributed by atoms with Gasteiger partial charge in [-0.25, -0.2) is 4.79 Å². The Balaban J connectivity index is 0.00000576. The molecule has 0 aliphatic heterocycles. The van der Waals surface area contributed by atoms with E-state index in [1.165, 1.54) is 25.7 Å². The van der Waals surface area contributed by atoms with Crippen molar-refractivity contribution in [3.63, 3.8) is 0 Å². The molecule has 0 heterocycles. The van der Waals surface area contributed by atoms with Gasteiger partial charge in [0.15, 0.2) is 0 Å². The summed E-state index contributed by atoms with van der Waals surface area (Å²) in [5.41, 5.74) is 2.96. The van der Waals surface area contributed by atoms with Crippen LogP contribution in [0.3, 0.4) is 0 Å². The Hall–Kier alpha value is -1.26. The van der Waals surface area contributed by atoms with Gasteiger partial charge in [-0.3, -0.25) is 5.32 Å². The van der Waals surface area contributed by atoms with Crippen molar-refractivity contribution in [1.82, 2.24) is 4.90 Å². The van der Waals surface area contributed by atoms with Crippen LogP contribution in [0.15, 0.2) is 18.2 Å². The highest BCUT2D eigenvalue weighted by Gasteiger charge is 2.09. The predicted molar refractivity (Wildman–Crippen MR) is 109 cm³/mol. The minimum absolute atomic E-state index is 0. The van der Waals surface area contributed by atoms with E-state index in [0.29, 0.717) is 6.61 Å². The molecule has 0 spiro atoms. The molecule has 1 aromatic carbocycles. The topological polar surface area (TPSA) is 41.6 Å². The summed E-state index contributed by atoms with van der Waals surface area (Å²) >= 11 is 0. The van der Waals surface area contributed by atoms with E-state index in [2.05, 4.69) is 24.1 Å². The van der Waals surface area contributed by atoms with Crippen LogP contribution < -0.4 is 5.32 Å². The third kappa shape index (κ3) is 9.71. The molecule has 4 nitrogen and oxygen atoms in total. The van der Waals surface area contributed by atoms with Gasteiger partial charge in [-0.2, -0.15) is 0 Å². The molecule has 0 bridgehead atoms. The number of ether oxygens (including phenoxy) is 1. The second-order valence-corrected chi connectivity index (χ2v) is 6.43. The minimum Gasteiger partial charge on any atom is -0.449 e. The van der Waals surface area contributed by atoms with Crippen LogP contribution in [0.5, 0.6) is 0 Å². The first-order valence-corrected chi connectivity index (χ1v) is 9.30. The van der Waals surface area contributed by atoms with Crippen molar-refractivity contribution in [2.45, 2.75) is 59.8 Å². The van der Waals surface area contributed by atoms with Gasteiger partial charge in [0.1, 0.15) is 0 Å². The van der Waals surface area contributed by atoms with Crippen LogP contribution in [0.1, 0.15) is 57.1 Å². The third-order valence-corrected chi connectivity index (χ3v) is 4.22. The number of carbonyl (C=O) groups excluding carboxylic acids is 1. The zero-order valence-corrected chi connectivity index (χ0v) is 17.1. The third-order valence-electron chi connectivity index (χ3n) is 4.22. The molecule has 0 radical (unpaired) electrons. The number of aryl methyl sites for hydroxylation is 2. The van der Waals surface area contributed by atoms with E-state index in [0.717, 1.165) is 42.9 Å². The summed E-state index contributed by atoms with van der Waals surface area (Å²) < 4.78 is 5.34. The largest absolute Gasteiger partial charge is 0.449 e. The molecule has 0 saturated heterocycles. The SMILES string of the molecule is CCCCN(CCCC)CCCOC(=O)Nc1c(C)cccc1C.Cl. The van der Waals surface area contributed by atoms with Gasteiger partial charge in [0.05, 0.1) is 6.61 Å². The van der Waals surface area contributed by atoms with E-state index in [1.54, 1.807) is 0 Å². The normalized spacial score (nSPS) is 10.4. The number of halogens is 1. The molecule has 0 atom stereocenters. The smallest absolute Gasteiger partial charge is 0.411 e. The summed E-state index contributed by atoms with van der Waals surface area (Å²) in [6.45, 7) is 12.2. The van der Waals surface area contributed by atoms with E-state index >= 15 is 0 Å². The van der Waals surface area contributed by atoms with Crippen molar-refractivity contribution in [1.29, 1.82) is 0 Å². The van der Waals surface area contributed by atoms with Crippen molar-refractivity contribution >= 4 is 24.2 Å². The molecule has 25 heavy (non-hydrogen) atoms. The maximum Gasteiger partial charge on any atom is 0.411 e. The number of amides is 1. The van der Waals surface area contributed by atoms with Gasteiger partial charge in [0.2, 0.25) is 0 Å². The molecule has 0 aliphatic rings. The fourth-order valence-electron chi connectivity index (χ4n) is 2.70. The van der Waals surface area contributed by atoms with Gasteiger partial charge >= 0.3 is 6.09 Å². The Kier molecular flexibility index (Phi) is 13.3. The molecule has 1 N–H and O–H groups in total. The Labute approximate surface area is 159 Å². The second-order valence-electron chi connectivity index (χ2n) is 6.43. The van der Waals surface area contributed by atoms with Crippen molar-refractivity contribution in [3.05, 3.63) is 29.3 Å². The molecule has 0 aromatic heterocycles. The lowest BCUT2D eigenvalue weighted by Gasteiger charge is -2.21. The van der Waals surface area contributed by atoms with E-state index in [9.17, 15) is 4.79 Å². The van der Waals surface area contributed by atoms with Crippen molar-refractivity contribution < 1.29 is 9.53 Å². The highest BCUT2D eigenvalue weighted by atomic mass is 35.5. The first-order chi connectivity index (χ1) is 11.6. The maximum atomic E-state index is 12.0. The van der Waals surface area contributed by atoms with Crippen LogP contribution in [0.25, 0.3) is 0 Å². The molecule has 144 valence electrons. The summed E-state index contributed by atoms with van der Waals surface area (Å²) in [6.07, 6.45) is 5.43. The standard InChI is InChI=1S/C20H34N2O2.ClH/c1-5-7-13-22(14-8-6-2)15-10-16-24-20(23)21-19-17(3)11-9-12-18(19)4;/h9,11-12H,5-8,10,13-16H2,1-4H3,(H,21,23);1H. The fraction of sp³-hybridized carbons (Fsp3) is 0.650. The van der Waals surface area contributed by atoms with Gasteiger partial charge in [-0.15, -0.1) is 12.4 Å². The van der Waals surface area contributed by atoms with Crippen LogP contribution in [-0.2, 0) is 4.74 Å². The average Bonchev–Trinajstić information content (AvgIpc) is 2.56. The zero-order chi connectivity index (χ0) is 17.8. The lowest BCUT2D eigenvalue weighted by molar-refractivity contribution is 0.151. The summed E-state index contributed by atoms with van der Waals surface area (Å²) in [5, 5.41) is 2.86. The minimum atomic E-state index is -0.360. The Morgan fingerprint density at radius 3 is 2.04 bits per heavy atom. The number of para-hydroxylation sites is 1. The Morgan fingerprint density at radius 1 is 1.00 bits per heavy atom. The Morgan fingerprint density at radius 2 is 1.52 bits per heavy atom. The summed E-state index contributed by atoms with van der Waals surface area (Å²) in [5.74, 6) is 0. The molecule has 0 fully saturated rings. The van der Waals surface area contributed by atoms with E-state index in [-0.39, 0.29) is 18.5 Å². The number of benzene rings is 1. The first kappa shape index (κ1) is 23.7. The lowest BCUT2D eigenvalue weighted by atomic mass is 10.1. The number of nitrogens with zero attached hydrogens (tertiary/aromatic N) is 1. The summed E-state index contributed by atoms with van der Waals surface area (Å²) in [4.78, 5) is 14.4. The molecule has 1 aromatic rings. The molecule has 1 amide bonds. The van der Waals surface area contributed by atoms with Crippen molar-refractivity contribution in [2.24, 2.45) is 0 Å². The van der Waals surface area contributed by atoms with Gasteiger partial charge < -0.3 is 9.64 Å². The number of nitrogens with one attached hydrogen (secondary N) is 1. The molecule has 1 rings (SSSR count). The number of unbranched alkanes of at least 4 members (excludes halogenated alkanes) is 2. The van der Waals surface area contributed by atoms with E-state index in [4.69, 9.17) is 4.74 Å². The fourth-order valence-corrected chi connectivity index (χ4v) is 2.70. The van der Waals surface area contributed by atoms with Gasteiger partial charge in [0.25, 0.3) is 0 Å². The van der Waals surface area contributed by atoms with Crippen molar-refractivity contribution in [2.75, 3.05) is 31.6 Å². The molecule has 0 saturated carbocycles. The highest BCUT2D eigenvalue weighted by Crippen LogP contribution is 2.19. The van der Waals surface area contributed by atoms with Gasteiger partial charge in [0, 0.05) is 12.2 Å². The Bertz CT molecular complexity index is 466. The van der Waals surface area contributed by atoms with E-state index < -0.39 is 0 Å². The van der Waals surface area contributed by atoms with Crippen LogP contribution in [0.2, 0.25) is 0 Å². The quantitative estimate of drug-likeness (QED) is 0.518. The van der Waals surface area contributed by atoms with Crippen LogP contribution in [0, 0.1) is 13.8 Å². The number of anilines is 1. The van der Waals surface area contributed by atoms with Crippen LogP contribution >= 0.6 is 12.4 Å². The van der Waals surface area contributed by atoms with Crippen LogP contribution in [0.4, 0.5) is 10.5 Å². The van der Waals surface area contributed by atoms with Crippen molar-refractivity contribution in [3.8, 4) is 0 Å². The zero-order valence-electron chi connectivity index (χ0n) is 16.3. The molecule has 0 unspecified atom stereocenters. The molecule has 0 aliphatic carbocycles.